The minimum absolute atomic E-state index is 0.0305. The van der Waals surface area contributed by atoms with Crippen LogP contribution in [0.4, 0.5) is 23.2 Å². The molecule has 1 nitrogen and oxygen atoms in total. The first kappa shape index (κ1) is 15.6. The molecule has 112 valence electrons. The Morgan fingerprint density at radius 3 is 2.48 bits per heavy atom. The van der Waals surface area contributed by atoms with Gasteiger partial charge in [0.25, 0.3) is 0 Å². The fourth-order valence-corrected chi connectivity index (χ4v) is 2.13. The van der Waals surface area contributed by atoms with Crippen LogP contribution in [-0.4, -0.2) is 0 Å². The van der Waals surface area contributed by atoms with Gasteiger partial charge in [-0.05, 0) is 31.2 Å². The Labute approximate surface area is 124 Å². The lowest BCUT2D eigenvalue weighted by Crippen LogP contribution is -2.07. The normalized spacial score (nSPS) is 11.5. The van der Waals surface area contributed by atoms with E-state index in [0.29, 0.717) is 5.56 Å². The van der Waals surface area contributed by atoms with Crippen LogP contribution in [0.5, 0.6) is 0 Å². The van der Waals surface area contributed by atoms with E-state index in [1.165, 1.54) is 12.1 Å². The molecule has 6 heteroatoms. The second-order valence-corrected chi connectivity index (χ2v) is 5.11. The average molecular weight is 318 g/mol. The maximum atomic E-state index is 13.6. The van der Waals surface area contributed by atoms with Crippen molar-refractivity contribution in [2.75, 3.05) is 5.32 Å². The molecule has 0 fully saturated rings. The molecular weight excluding hydrogens is 306 g/mol. The van der Waals surface area contributed by atoms with Gasteiger partial charge in [-0.3, -0.25) is 0 Å². The van der Waals surface area contributed by atoms with Gasteiger partial charge in [-0.1, -0.05) is 29.3 Å². The minimum Gasteiger partial charge on any atom is -0.381 e. The summed E-state index contributed by atoms with van der Waals surface area (Å²) in [4.78, 5) is 0. The fraction of sp³-hybridized carbons (Fsp3) is 0.200. The summed E-state index contributed by atoms with van der Waals surface area (Å²) in [6.07, 6.45) is -4.48. The molecule has 0 saturated heterocycles. The van der Waals surface area contributed by atoms with E-state index < -0.39 is 17.6 Å². The van der Waals surface area contributed by atoms with Crippen molar-refractivity contribution in [1.82, 2.24) is 0 Å². The van der Waals surface area contributed by atoms with Crippen LogP contribution in [0.2, 0.25) is 5.02 Å². The van der Waals surface area contributed by atoms with E-state index in [4.69, 9.17) is 11.6 Å². The van der Waals surface area contributed by atoms with E-state index >= 15 is 0 Å². The van der Waals surface area contributed by atoms with Crippen LogP contribution in [0.3, 0.4) is 0 Å². The van der Waals surface area contributed by atoms with Crippen molar-refractivity contribution < 1.29 is 17.6 Å². The van der Waals surface area contributed by atoms with Gasteiger partial charge in [0.05, 0.1) is 5.56 Å². The molecular formula is C15H12ClF4N. The Bertz CT molecular complexity index is 653. The average Bonchev–Trinajstić information content (AvgIpc) is 2.38. The Balaban J connectivity index is 2.20. The predicted octanol–water partition coefficient (Wildman–Crippen LogP) is 5.42. The van der Waals surface area contributed by atoms with Crippen molar-refractivity contribution in [3.05, 3.63) is 63.9 Å². The molecule has 0 aliphatic heterocycles. The van der Waals surface area contributed by atoms with Gasteiger partial charge in [0.2, 0.25) is 0 Å². The summed E-state index contributed by atoms with van der Waals surface area (Å²) >= 11 is 5.68. The van der Waals surface area contributed by atoms with Crippen LogP contribution in [0.25, 0.3) is 0 Å². The van der Waals surface area contributed by atoms with Crippen molar-refractivity contribution in [3.63, 3.8) is 0 Å². The summed E-state index contributed by atoms with van der Waals surface area (Å²) in [6, 6.07) is 7.74. The zero-order valence-electron chi connectivity index (χ0n) is 11.1. The number of nitrogens with one attached hydrogen (secondary N) is 1. The maximum Gasteiger partial charge on any atom is 0.416 e. The number of halogens is 5. The van der Waals surface area contributed by atoms with Crippen LogP contribution in [0, 0.1) is 12.7 Å². The van der Waals surface area contributed by atoms with Crippen LogP contribution in [0.15, 0.2) is 36.4 Å². The van der Waals surface area contributed by atoms with E-state index in [2.05, 4.69) is 5.32 Å². The topological polar surface area (TPSA) is 12.0 Å². The Morgan fingerprint density at radius 1 is 1.10 bits per heavy atom. The van der Waals surface area contributed by atoms with Gasteiger partial charge in [0, 0.05) is 22.8 Å². The summed E-state index contributed by atoms with van der Waals surface area (Å²) in [6.45, 7) is 1.88. The van der Waals surface area contributed by atoms with E-state index in [9.17, 15) is 17.6 Å². The number of rotatable bonds is 3. The summed E-state index contributed by atoms with van der Waals surface area (Å²) in [5, 5.41) is 2.73. The Morgan fingerprint density at radius 2 is 1.81 bits per heavy atom. The van der Waals surface area contributed by atoms with Gasteiger partial charge in [0.1, 0.15) is 5.82 Å². The Hall–Kier alpha value is -1.75. The molecule has 21 heavy (non-hydrogen) atoms. The second-order valence-electron chi connectivity index (χ2n) is 4.67. The molecule has 0 amide bonds. The maximum absolute atomic E-state index is 13.6. The van der Waals surface area contributed by atoms with Crippen molar-refractivity contribution >= 4 is 17.3 Å². The molecule has 0 heterocycles. The molecule has 0 radical (unpaired) electrons. The van der Waals surface area contributed by atoms with E-state index in [0.717, 1.165) is 17.7 Å². The summed E-state index contributed by atoms with van der Waals surface area (Å²) in [7, 11) is 0. The lowest BCUT2D eigenvalue weighted by Gasteiger charge is -2.12. The first-order chi connectivity index (χ1) is 9.75. The van der Waals surface area contributed by atoms with E-state index in [1.807, 2.05) is 6.92 Å². The van der Waals surface area contributed by atoms with Crippen LogP contribution in [-0.2, 0) is 12.7 Å². The number of benzene rings is 2. The van der Waals surface area contributed by atoms with Crippen LogP contribution < -0.4 is 5.32 Å². The molecule has 0 spiro atoms. The number of hydrogen-bond acceptors (Lipinski definition) is 1. The largest absolute Gasteiger partial charge is 0.416 e. The van der Waals surface area contributed by atoms with Gasteiger partial charge in [-0.15, -0.1) is 0 Å². The highest BCUT2D eigenvalue weighted by atomic mass is 35.5. The minimum atomic E-state index is -4.48. The summed E-state index contributed by atoms with van der Waals surface area (Å²) in [5.74, 6) is -0.411. The third kappa shape index (κ3) is 4.11. The molecule has 2 aromatic carbocycles. The smallest absolute Gasteiger partial charge is 0.381 e. The van der Waals surface area contributed by atoms with Crippen LogP contribution >= 0.6 is 11.6 Å². The monoisotopic (exact) mass is 317 g/mol. The first-order valence-corrected chi connectivity index (χ1v) is 6.50. The van der Waals surface area contributed by atoms with Gasteiger partial charge in [0.15, 0.2) is 0 Å². The van der Waals surface area contributed by atoms with Gasteiger partial charge >= 0.3 is 6.18 Å². The lowest BCUT2D eigenvalue weighted by molar-refractivity contribution is -0.137. The standard InChI is InChI=1S/C15H12ClF4N/c1-9-2-3-14(17)10(4-9)8-21-13-6-11(15(18,19)20)5-12(16)7-13/h2-7,21H,8H2,1H3. The third-order valence-electron chi connectivity index (χ3n) is 2.91. The summed E-state index contributed by atoms with van der Waals surface area (Å²) in [5.41, 5.74) is 0.594. The zero-order valence-corrected chi connectivity index (χ0v) is 11.8. The molecule has 0 unspecified atom stereocenters. The molecule has 0 bridgehead atoms. The lowest BCUT2D eigenvalue weighted by atomic mass is 10.1. The molecule has 0 aliphatic carbocycles. The highest BCUT2D eigenvalue weighted by Gasteiger charge is 2.31. The summed E-state index contributed by atoms with van der Waals surface area (Å²) < 4.78 is 51.6. The number of anilines is 1. The first-order valence-electron chi connectivity index (χ1n) is 6.12. The van der Waals surface area contributed by atoms with Crippen molar-refractivity contribution in [3.8, 4) is 0 Å². The molecule has 0 aromatic heterocycles. The molecule has 1 N–H and O–H groups in total. The second kappa shape index (κ2) is 5.93. The van der Waals surface area contributed by atoms with Gasteiger partial charge < -0.3 is 5.32 Å². The predicted molar refractivity (Wildman–Crippen MR) is 74.9 cm³/mol. The number of alkyl halides is 3. The highest BCUT2D eigenvalue weighted by Crippen LogP contribution is 2.33. The SMILES string of the molecule is Cc1ccc(F)c(CNc2cc(Cl)cc(C(F)(F)F)c2)c1. The van der Waals surface area contributed by atoms with Gasteiger partial charge in [-0.2, -0.15) is 13.2 Å². The van der Waals surface area contributed by atoms with Crippen molar-refractivity contribution in [1.29, 1.82) is 0 Å². The van der Waals surface area contributed by atoms with Gasteiger partial charge in [-0.25, -0.2) is 4.39 Å². The van der Waals surface area contributed by atoms with E-state index in [1.54, 1.807) is 12.1 Å². The highest BCUT2D eigenvalue weighted by molar-refractivity contribution is 6.30. The molecule has 0 saturated carbocycles. The number of aryl methyl sites for hydroxylation is 1. The van der Waals surface area contributed by atoms with Crippen molar-refractivity contribution in [2.24, 2.45) is 0 Å². The Kier molecular flexibility index (Phi) is 4.42. The number of hydrogen-bond donors (Lipinski definition) is 1. The zero-order chi connectivity index (χ0) is 15.6. The van der Waals surface area contributed by atoms with Crippen molar-refractivity contribution in [2.45, 2.75) is 19.6 Å². The third-order valence-corrected chi connectivity index (χ3v) is 3.13. The molecule has 2 rings (SSSR count). The van der Waals surface area contributed by atoms with E-state index in [-0.39, 0.29) is 17.3 Å². The molecule has 0 atom stereocenters. The molecule has 2 aromatic rings. The van der Waals surface area contributed by atoms with Crippen LogP contribution in [0.1, 0.15) is 16.7 Å². The molecule has 0 aliphatic rings. The quantitative estimate of drug-likeness (QED) is 0.745. The fourth-order valence-electron chi connectivity index (χ4n) is 1.89.